The number of pyridine rings is 1. The number of methoxy groups -OCH3 is 2. The largest absolute Gasteiger partial charge is 0.491 e. The highest BCUT2D eigenvalue weighted by Gasteiger charge is 2.29. The van der Waals surface area contributed by atoms with Gasteiger partial charge >= 0.3 is 5.97 Å². The fraction of sp³-hybridized carbons (Fsp3) is 0.455. The standard InChI is InChI=1S/C11H15NO4S/c1-11(2,10(13)14)17-7-5-8(15-3)9(16-4)12-6-7/h5-6H,1-4H3,(H,13,14). The van der Waals surface area contributed by atoms with Crippen LogP contribution in [0.4, 0.5) is 0 Å². The molecular weight excluding hydrogens is 242 g/mol. The first-order valence-electron chi connectivity index (χ1n) is 4.91. The Labute approximate surface area is 104 Å². The summed E-state index contributed by atoms with van der Waals surface area (Å²) in [6, 6.07) is 1.71. The van der Waals surface area contributed by atoms with E-state index in [-0.39, 0.29) is 0 Å². The van der Waals surface area contributed by atoms with E-state index in [9.17, 15) is 4.79 Å². The fourth-order valence-electron chi connectivity index (χ4n) is 1.11. The lowest BCUT2D eigenvalue weighted by atomic mass is 10.2. The first-order chi connectivity index (χ1) is 7.90. The highest BCUT2D eigenvalue weighted by molar-refractivity contribution is 8.01. The second kappa shape index (κ2) is 5.27. The molecule has 0 aromatic carbocycles. The molecule has 1 aromatic heterocycles. The molecule has 0 unspecified atom stereocenters. The quantitative estimate of drug-likeness (QED) is 0.814. The van der Waals surface area contributed by atoms with Crippen molar-refractivity contribution in [1.29, 1.82) is 0 Å². The molecule has 94 valence electrons. The molecule has 0 spiro atoms. The summed E-state index contributed by atoms with van der Waals surface area (Å²) in [4.78, 5) is 15.8. The van der Waals surface area contributed by atoms with E-state index in [0.29, 0.717) is 11.6 Å². The van der Waals surface area contributed by atoms with Gasteiger partial charge in [0.15, 0.2) is 5.75 Å². The summed E-state index contributed by atoms with van der Waals surface area (Å²) in [7, 11) is 3.01. The lowest BCUT2D eigenvalue weighted by Gasteiger charge is -2.18. The number of carbonyl (C=O) groups is 1. The van der Waals surface area contributed by atoms with Crippen LogP contribution >= 0.6 is 11.8 Å². The number of aromatic nitrogens is 1. The zero-order chi connectivity index (χ0) is 13.1. The molecule has 0 radical (unpaired) electrons. The molecular formula is C11H15NO4S. The first kappa shape index (κ1) is 13.6. The monoisotopic (exact) mass is 257 g/mol. The molecule has 0 aliphatic rings. The number of hydrogen-bond donors (Lipinski definition) is 1. The summed E-state index contributed by atoms with van der Waals surface area (Å²) in [6.45, 7) is 3.27. The normalized spacial score (nSPS) is 11.1. The molecule has 0 aliphatic carbocycles. The highest BCUT2D eigenvalue weighted by atomic mass is 32.2. The minimum atomic E-state index is -0.915. The van der Waals surface area contributed by atoms with Gasteiger partial charge in [0, 0.05) is 17.2 Å². The van der Waals surface area contributed by atoms with Crippen molar-refractivity contribution in [2.75, 3.05) is 14.2 Å². The van der Waals surface area contributed by atoms with Crippen molar-refractivity contribution < 1.29 is 19.4 Å². The van der Waals surface area contributed by atoms with Crippen molar-refractivity contribution >= 4 is 17.7 Å². The van der Waals surface area contributed by atoms with Crippen molar-refractivity contribution in [2.24, 2.45) is 0 Å². The van der Waals surface area contributed by atoms with E-state index in [1.165, 1.54) is 26.0 Å². The maximum Gasteiger partial charge on any atom is 0.319 e. The van der Waals surface area contributed by atoms with E-state index in [1.54, 1.807) is 26.1 Å². The van der Waals surface area contributed by atoms with Crippen LogP contribution < -0.4 is 9.47 Å². The SMILES string of the molecule is COc1cc(SC(C)(C)C(=O)O)cnc1OC. The molecule has 1 aromatic rings. The number of hydrogen-bond acceptors (Lipinski definition) is 5. The topological polar surface area (TPSA) is 68.7 Å². The van der Waals surface area contributed by atoms with Crippen molar-refractivity contribution in [2.45, 2.75) is 23.5 Å². The van der Waals surface area contributed by atoms with E-state index < -0.39 is 10.7 Å². The predicted octanol–water partition coefficient (Wildman–Crippen LogP) is 2.05. The molecule has 1 rings (SSSR count). The average molecular weight is 257 g/mol. The minimum Gasteiger partial charge on any atom is -0.491 e. The predicted molar refractivity (Wildman–Crippen MR) is 64.9 cm³/mol. The van der Waals surface area contributed by atoms with Crippen LogP contribution in [-0.4, -0.2) is 35.0 Å². The van der Waals surface area contributed by atoms with E-state index in [4.69, 9.17) is 14.6 Å². The van der Waals surface area contributed by atoms with Gasteiger partial charge < -0.3 is 14.6 Å². The molecule has 6 heteroatoms. The van der Waals surface area contributed by atoms with Crippen LogP contribution in [0.25, 0.3) is 0 Å². The van der Waals surface area contributed by atoms with E-state index in [1.807, 2.05) is 0 Å². The summed E-state index contributed by atoms with van der Waals surface area (Å²) >= 11 is 1.21. The third kappa shape index (κ3) is 3.26. The molecule has 0 atom stereocenters. The number of ether oxygens (including phenoxy) is 2. The molecule has 0 amide bonds. The van der Waals surface area contributed by atoms with E-state index in [2.05, 4.69) is 4.98 Å². The van der Waals surface area contributed by atoms with Crippen LogP contribution in [0.3, 0.4) is 0 Å². The molecule has 0 fully saturated rings. The lowest BCUT2D eigenvalue weighted by Crippen LogP contribution is -2.26. The molecule has 0 saturated heterocycles. The Balaban J connectivity index is 2.97. The summed E-state index contributed by atoms with van der Waals surface area (Å²) in [5, 5.41) is 9.03. The van der Waals surface area contributed by atoms with Gasteiger partial charge in [-0.05, 0) is 13.8 Å². The Morgan fingerprint density at radius 2 is 2.06 bits per heavy atom. The number of rotatable bonds is 5. The van der Waals surface area contributed by atoms with Crippen LogP contribution in [0.2, 0.25) is 0 Å². The van der Waals surface area contributed by atoms with Gasteiger partial charge in [-0.2, -0.15) is 0 Å². The number of carboxylic acids is 1. The van der Waals surface area contributed by atoms with E-state index >= 15 is 0 Å². The van der Waals surface area contributed by atoms with Crippen molar-refractivity contribution in [1.82, 2.24) is 4.98 Å². The zero-order valence-electron chi connectivity index (χ0n) is 10.2. The fourth-order valence-corrected chi connectivity index (χ4v) is 2.06. The van der Waals surface area contributed by atoms with Gasteiger partial charge in [0.2, 0.25) is 0 Å². The van der Waals surface area contributed by atoms with Crippen LogP contribution in [0, 0.1) is 0 Å². The summed E-state index contributed by atoms with van der Waals surface area (Å²) in [6.07, 6.45) is 1.57. The Kier molecular flexibility index (Phi) is 4.22. The number of nitrogens with zero attached hydrogens (tertiary/aromatic N) is 1. The molecule has 0 bridgehead atoms. The van der Waals surface area contributed by atoms with Crippen molar-refractivity contribution in [3.05, 3.63) is 12.3 Å². The third-order valence-electron chi connectivity index (χ3n) is 2.09. The molecule has 5 nitrogen and oxygen atoms in total. The Morgan fingerprint density at radius 3 is 2.53 bits per heavy atom. The number of carboxylic acid groups (broad SMARTS) is 1. The van der Waals surface area contributed by atoms with Gasteiger partial charge in [-0.3, -0.25) is 4.79 Å². The summed E-state index contributed by atoms with van der Waals surface area (Å²) in [5.41, 5.74) is 0. The van der Waals surface area contributed by atoms with Crippen LogP contribution in [-0.2, 0) is 4.79 Å². The van der Waals surface area contributed by atoms with Gasteiger partial charge in [0.25, 0.3) is 5.88 Å². The molecule has 1 heterocycles. The lowest BCUT2D eigenvalue weighted by molar-refractivity contribution is -0.138. The van der Waals surface area contributed by atoms with Gasteiger partial charge in [-0.1, -0.05) is 0 Å². The second-order valence-corrected chi connectivity index (χ2v) is 5.50. The Bertz CT molecular complexity index is 420. The molecule has 17 heavy (non-hydrogen) atoms. The average Bonchev–Trinajstić information content (AvgIpc) is 2.28. The van der Waals surface area contributed by atoms with Gasteiger partial charge in [0.1, 0.15) is 4.75 Å². The maximum absolute atomic E-state index is 11.0. The second-order valence-electron chi connectivity index (χ2n) is 3.80. The van der Waals surface area contributed by atoms with Gasteiger partial charge in [-0.15, -0.1) is 11.8 Å². The highest BCUT2D eigenvalue weighted by Crippen LogP contribution is 2.36. The summed E-state index contributed by atoms with van der Waals surface area (Å²) < 4.78 is 9.20. The Hall–Kier alpha value is -1.43. The third-order valence-corrected chi connectivity index (χ3v) is 3.24. The van der Waals surface area contributed by atoms with Crippen LogP contribution in [0.15, 0.2) is 17.2 Å². The van der Waals surface area contributed by atoms with Crippen molar-refractivity contribution in [3.8, 4) is 11.6 Å². The number of aliphatic carboxylic acids is 1. The van der Waals surface area contributed by atoms with E-state index in [0.717, 1.165) is 4.90 Å². The molecule has 0 aliphatic heterocycles. The van der Waals surface area contributed by atoms with Gasteiger partial charge in [-0.25, -0.2) is 4.98 Å². The minimum absolute atomic E-state index is 0.380. The zero-order valence-corrected chi connectivity index (χ0v) is 11.0. The van der Waals surface area contributed by atoms with Crippen LogP contribution in [0.5, 0.6) is 11.6 Å². The smallest absolute Gasteiger partial charge is 0.319 e. The van der Waals surface area contributed by atoms with Crippen LogP contribution in [0.1, 0.15) is 13.8 Å². The van der Waals surface area contributed by atoms with Gasteiger partial charge in [0.05, 0.1) is 14.2 Å². The molecule has 1 N–H and O–H groups in total. The molecule has 0 saturated carbocycles. The van der Waals surface area contributed by atoms with Crippen molar-refractivity contribution in [3.63, 3.8) is 0 Å². The first-order valence-corrected chi connectivity index (χ1v) is 5.73. The Morgan fingerprint density at radius 1 is 1.41 bits per heavy atom. The number of thioether (sulfide) groups is 1. The maximum atomic E-state index is 11.0. The summed E-state index contributed by atoms with van der Waals surface area (Å²) in [5.74, 6) is -0.0130.